The first-order chi connectivity index (χ1) is 17.2. The maximum absolute atomic E-state index is 14.5. The number of fused-ring (bicyclic) bond motifs is 4. The number of carbonyl (C=O) groups excluding carboxylic acids is 1. The summed E-state index contributed by atoms with van der Waals surface area (Å²) in [6, 6.07) is 12.1. The average Bonchev–Trinajstić information content (AvgIpc) is 2.93. The predicted octanol–water partition coefficient (Wildman–Crippen LogP) is 2.17. The zero-order chi connectivity index (χ0) is 25.4. The second-order valence-electron chi connectivity index (χ2n) is 9.25. The minimum Gasteiger partial charge on any atom is -0.502 e. The lowest BCUT2D eigenvalue weighted by Crippen LogP contribution is -2.68. The minimum absolute atomic E-state index is 0.141. The Morgan fingerprint density at radius 1 is 1.11 bits per heavy atom. The van der Waals surface area contributed by atoms with Crippen LogP contribution < -0.4 is 10.4 Å². The molecule has 1 saturated heterocycles. The number of rotatable bonds is 1. The summed E-state index contributed by atoms with van der Waals surface area (Å²) in [6.07, 6.45) is 0.869. The van der Waals surface area contributed by atoms with Crippen LogP contribution in [0.5, 0.6) is 5.75 Å². The number of hydrogen-bond donors (Lipinski definition) is 1. The lowest BCUT2D eigenvalue weighted by atomic mass is 9.63. The van der Waals surface area contributed by atoms with Crippen LogP contribution in [0.15, 0.2) is 64.4 Å². The third kappa shape index (κ3) is 3.33. The lowest BCUT2D eigenvalue weighted by molar-refractivity contribution is -0.0468. The molecule has 0 spiro atoms. The summed E-state index contributed by atoms with van der Waals surface area (Å²) in [5.74, 6) is -1.58. The van der Waals surface area contributed by atoms with Gasteiger partial charge in [-0.25, -0.2) is 4.39 Å². The Morgan fingerprint density at radius 3 is 2.69 bits per heavy atom. The van der Waals surface area contributed by atoms with Gasteiger partial charge in [-0.3, -0.25) is 19.3 Å². The fraction of sp³-hybridized carbons (Fsp3) is 0.280. The zero-order valence-electron chi connectivity index (χ0n) is 19.3. The van der Waals surface area contributed by atoms with Gasteiger partial charge in [0.25, 0.3) is 5.91 Å². The average molecular weight is 499 g/mol. The first kappa shape index (κ1) is 23.2. The third-order valence-corrected chi connectivity index (χ3v) is 8.10. The van der Waals surface area contributed by atoms with Crippen LogP contribution in [0.4, 0.5) is 4.39 Å². The van der Waals surface area contributed by atoms with Gasteiger partial charge in [0, 0.05) is 17.2 Å². The number of morpholine rings is 1. The summed E-state index contributed by atoms with van der Waals surface area (Å²) >= 11 is 1.21. The molecule has 1 fully saturated rings. The molecule has 36 heavy (non-hydrogen) atoms. The Kier molecular flexibility index (Phi) is 5.28. The summed E-state index contributed by atoms with van der Waals surface area (Å²) in [5, 5.41) is 12.6. The van der Waals surface area contributed by atoms with E-state index in [9.17, 15) is 19.1 Å². The van der Waals surface area contributed by atoms with Crippen molar-refractivity contribution in [2.45, 2.75) is 34.6 Å². The van der Waals surface area contributed by atoms with E-state index in [1.165, 1.54) is 40.8 Å². The molecule has 3 aliphatic rings. The second-order valence-corrected chi connectivity index (χ2v) is 10.6. The summed E-state index contributed by atoms with van der Waals surface area (Å²) in [4.78, 5) is 28.4. The monoisotopic (exact) mass is 499 g/mol. The number of pyridine rings is 1. The van der Waals surface area contributed by atoms with Crippen molar-refractivity contribution in [1.82, 2.24) is 9.58 Å². The quantitative estimate of drug-likeness (QED) is 0.518. The predicted molar refractivity (Wildman–Crippen MR) is 135 cm³/mol. The largest absolute Gasteiger partial charge is 0.502 e. The van der Waals surface area contributed by atoms with E-state index >= 15 is 0 Å². The summed E-state index contributed by atoms with van der Waals surface area (Å²) in [7, 11) is 13.1. The van der Waals surface area contributed by atoms with Crippen molar-refractivity contribution in [1.29, 1.82) is 0 Å². The van der Waals surface area contributed by atoms with E-state index in [4.69, 9.17) is 20.4 Å². The summed E-state index contributed by atoms with van der Waals surface area (Å²) < 4.78 is 20.4. The second kappa shape index (κ2) is 8.18. The molecule has 11 heteroatoms. The normalized spacial score (nSPS) is 24.3. The van der Waals surface area contributed by atoms with Crippen LogP contribution in [0, 0.1) is 5.82 Å². The van der Waals surface area contributed by atoms with Gasteiger partial charge < -0.3 is 14.7 Å². The summed E-state index contributed by atoms with van der Waals surface area (Å²) in [6.45, 7) is 2.34. The van der Waals surface area contributed by atoms with Gasteiger partial charge in [0.15, 0.2) is 11.4 Å². The minimum atomic E-state index is -1.45. The number of nitrogens with zero attached hydrogens (tertiary/aromatic N) is 3. The van der Waals surface area contributed by atoms with Crippen LogP contribution in [0.1, 0.15) is 40.1 Å². The van der Waals surface area contributed by atoms with Crippen molar-refractivity contribution in [2.24, 2.45) is 0 Å². The highest BCUT2D eigenvalue weighted by Crippen LogP contribution is 2.50. The molecule has 3 aromatic rings. The highest BCUT2D eigenvalue weighted by Gasteiger charge is 2.48. The van der Waals surface area contributed by atoms with Gasteiger partial charge in [0.1, 0.15) is 12.0 Å². The molecule has 0 unspecified atom stereocenters. The van der Waals surface area contributed by atoms with Crippen LogP contribution in [0.3, 0.4) is 0 Å². The summed E-state index contributed by atoms with van der Waals surface area (Å²) in [5.41, 5.74) is 1.06. The topological polar surface area (TPSA) is 75.0 Å². The molecule has 7 nitrogen and oxygen atoms in total. The molecule has 0 bridgehead atoms. The van der Waals surface area contributed by atoms with Crippen molar-refractivity contribution in [3.8, 4) is 5.75 Å². The molecule has 3 aliphatic heterocycles. The van der Waals surface area contributed by atoms with Gasteiger partial charge >= 0.3 is 0 Å². The highest BCUT2D eigenvalue weighted by molar-refractivity contribution is 8.02. The molecule has 4 radical (unpaired) electrons. The molecule has 2 aromatic carbocycles. The molecule has 3 atom stereocenters. The van der Waals surface area contributed by atoms with Gasteiger partial charge in [0.2, 0.25) is 5.43 Å². The number of amides is 1. The smallest absolute Gasteiger partial charge is 0.278 e. The lowest BCUT2D eigenvalue weighted by Gasteiger charge is -2.53. The number of hydrogen-bond acceptors (Lipinski definition) is 6. The molecular formula is C25H20B2FN3O4S. The molecule has 1 amide bonds. The van der Waals surface area contributed by atoms with Crippen molar-refractivity contribution in [2.75, 3.05) is 18.2 Å². The highest BCUT2D eigenvalue weighted by atomic mass is 32.2. The Balaban J connectivity index is 1.69. The number of halogens is 1. The Hall–Kier alpha value is -3.17. The van der Waals surface area contributed by atoms with E-state index in [1.807, 2.05) is 36.2 Å². The zero-order valence-corrected chi connectivity index (χ0v) is 20.1. The van der Waals surface area contributed by atoms with E-state index in [0.29, 0.717) is 17.7 Å². The maximum atomic E-state index is 14.5. The molecule has 6 rings (SSSR count). The van der Waals surface area contributed by atoms with Crippen molar-refractivity contribution in [3.05, 3.63) is 93.2 Å². The van der Waals surface area contributed by atoms with E-state index in [1.54, 1.807) is 11.0 Å². The first-order valence-corrected chi connectivity index (χ1v) is 12.3. The van der Waals surface area contributed by atoms with Crippen LogP contribution in [0.25, 0.3) is 0 Å². The van der Waals surface area contributed by atoms with Crippen LogP contribution in [0.2, 0.25) is 0 Å². The van der Waals surface area contributed by atoms with Crippen LogP contribution in [-0.2, 0) is 9.28 Å². The number of carbonyl (C=O) groups is 1. The fourth-order valence-electron chi connectivity index (χ4n) is 5.40. The molecule has 0 aliphatic carbocycles. The number of aromatic nitrogens is 1. The van der Waals surface area contributed by atoms with Gasteiger partial charge in [-0.1, -0.05) is 24.3 Å². The van der Waals surface area contributed by atoms with Crippen LogP contribution >= 0.6 is 11.8 Å². The van der Waals surface area contributed by atoms with Gasteiger partial charge in [-0.15, -0.1) is 11.8 Å². The van der Waals surface area contributed by atoms with E-state index in [-0.39, 0.29) is 18.3 Å². The Bertz CT molecular complexity index is 1470. The SMILES string of the molecule is [B]C1([B])Sc2ccccc2[C@@H](N2[C@@H]3COC[C@H](C)N3C(=O)c3c(O)c(=O)ccn32)c2ccc(F)cc21. The van der Waals surface area contributed by atoms with Gasteiger partial charge in [-0.05, 0) is 46.4 Å². The number of aromatic hydroxyl groups is 1. The molecule has 0 saturated carbocycles. The van der Waals surface area contributed by atoms with E-state index in [2.05, 4.69) is 0 Å². The maximum Gasteiger partial charge on any atom is 0.278 e. The molecule has 4 heterocycles. The van der Waals surface area contributed by atoms with Crippen LogP contribution in [-0.4, -0.2) is 61.7 Å². The molecular weight excluding hydrogens is 479 g/mol. The van der Waals surface area contributed by atoms with E-state index in [0.717, 1.165) is 10.5 Å². The Labute approximate surface area is 213 Å². The Morgan fingerprint density at radius 2 is 1.89 bits per heavy atom. The fourth-order valence-corrected chi connectivity index (χ4v) is 6.50. The van der Waals surface area contributed by atoms with Crippen molar-refractivity contribution in [3.63, 3.8) is 0 Å². The first-order valence-electron chi connectivity index (χ1n) is 11.5. The van der Waals surface area contributed by atoms with Gasteiger partial charge in [-0.2, -0.15) is 0 Å². The van der Waals surface area contributed by atoms with Gasteiger partial charge in [0.05, 0.1) is 41.0 Å². The standard InChI is InChI=1S/C25H20B2FN3O4S/c1-13-11-35-12-20-30(13)24(34)22-23(33)18(32)8-9-29(22)31(20)21-15-7-6-14(28)10-17(15)25(26,27)36-19-5-3-2-4-16(19)21/h2-10,13,20-21,33H,11-12H2,1H3/t13-,20+,21-/m0/s1. The third-order valence-electron chi connectivity index (χ3n) is 6.95. The number of benzene rings is 2. The number of ether oxygens (including phenoxy) is 1. The molecule has 1 aromatic heterocycles. The molecule has 1 N–H and O–H groups in total. The number of thioether (sulfide) groups is 1. The van der Waals surface area contributed by atoms with E-state index < -0.39 is 39.7 Å². The van der Waals surface area contributed by atoms with Crippen molar-refractivity contribution >= 4 is 33.4 Å². The van der Waals surface area contributed by atoms with Crippen molar-refractivity contribution < 1.29 is 19.0 Å². The molecule has 178 valence electrons.